The fraction of sp³-hybridized carbons (Fsp3) is 0.667. The van der Waals surface area contributed by atoms with Crippen LogP contribution < -0.4 is 22.1 Å². The Morgan fingerprint density at radius 2 is 1.88 bits per heavy atom. The van der Waals surface area contributed by atoms with Gasteiger partial charge in [0, 0.05) is 6.54 Å². The first kappa shape index (κ1) is 14.4. The molecule has 1 atom stereocenters. The highest BCUT2D eigenvalue weighted by molar-refractivity contribution is 5.90. The lowest BCUT2D eigenvalue weighted by Crippen LogP contribution is -2.46. The minimum absolute atomic E-state index is 0.148. The molecule has 92 valence electrons. The van der Waals surface area contributed by atoms with Gasteiger partial charge >= 0.3 is 0 Å². The number of nitrogens with two attached hydrogens (primary N) is 2. The highest BCUT2D eigenvalue weighted by atomic mass is 16.2. The van der Waals surface area contributed by atoms with Crippen molar-refractivity contribution in [3.63, 3.8) is 0 Å². The molecule has 0 aliphatic carbocycles. The van der Waals surface area contributed by atoms with Crippen molar-refractivity contribution in [1.82, 2.24) is 10.6 Å². The zero-order chi connectivity index (χ0) is 12.6. The van der Waals surface area contributed by atoms with Crippen molar-refractivity contribution in [3.05, 3.63) is 0 Å². The Morgan fingerprint density at radius 1 is 1.25 bits per heavy atom. The molecule has 0 aromatic carbocycles. The molecule has 0 bridgehead atoms. The van der Waals surface area contributed by atoms with E-state index >= 15 is 0 Å². The SMILES string of the molecule is CCCNC(=O)CNC(=O)C(N)CC(N)=O. The third kappa shape index (κ3) is 6.77. The van der Waals surface area contributed by atoms with Crippen molar-refractivity contribution in [2.75, 3.05) is 13.1 Å². The second-order valence-corrected chi connectivity index (χ2v) is 3.34. The highest BCUT2D eigenvalue weighted by Crippen LogP contribution is 1.86. The monoisotopic (exact) mass is 230 g/mol. The summed E-state index contributed by atoms with van der Waals surface area (Å²) in [7, 11) is 0. The predicted octanol–water partition coefficient (Wildman–Crippen LogP) is -2.17. The van der Waals surface area contributed by atoms with Crippen molar-refractivity contribution in [3.8, 4) is 0 Å². The van der Waals surface area contributed by atoms with Gasteiger partial charge in [0.1, 0.15) is 0 Å². The fourth-order valence-electron chi connectivity index (χ4n) is 0.935. The molecule has 0 saturated heterocycles. The third-order valence-electron chi connectivity index (χ3n) is 1.75. The van der Waals surface area contributed by atoms with Gasteiger partial charge in [0.05, 0.1) is 19.0 Å². The van der Waals surface area contributed by atoms with Gasteiger partial charge in [-0.3, -0.25) is 14.4 Å². The summed E-state index contributed by atoms with van der Waals surface area (Å²) in [5, 5.41) is 4.89. The topological polar surface area (TPSA) is 127 Å². The molecule has 7 heteroatoms. The summed E-state index contributed by atoms with van der Waals surface area (Å²) in [6.45, 7) is 2.33. The summed E-state index contributed by atoms with van der Waals surface area (Å²) >= 11 is 0. The van der Waals surface area contributed by atoms with E-state index in [4.69, 9.17) is 11.5 Å². The van der Waals surface area contributed by atoms with Gasteiger partial charge in [0.2, 0.25) is 17.7 Å². The van der Waals surface area contributed by atoms with Gasteiger partial charge in [0.25, 0.3) is 0 Å². The normalized spacial score (nSPS) is 11.6. The third-order valence-corrected chi connectivity index (χ3v) is 1.75. The Hall–Kier alpha value is -1.63. The van der Waals surface area contributed by atoms with Gasteiger partial charge in [-0.1, -0.05) is 6.92 Å². The van der Waals surface area contributed by atoms with Gasteiger partial charge in [0.15, 0.2) is 0 Å². The standard InChI is InChI=1S/C9H18N4O3/c1-2-3-12-8(15)5-13-9(16)6(10)4-7(11)14/h6H,2-5,10H2,1H3,(H2,11,14)(H,12,15)(H,13,16). The maximum absolute atomic E-state index is 11.2. The van der Waals surface area contributed by atoms with E-state index in [1.807, 2.05) is 6.92 Å². The number of hydrogen-bond donors (Lipinski definition) is 4. The summed E-state index contributed by atoms with van der Waals surface area (Å²) in [5.41, 5.74) is 10.2. The molecule has 0 aliphatic rings. The van der Waals surface area contributed by atoms with Crippen molar-refractivity contribution in [1.29, 1.82) is 0 Å². The Morgan fingerprint density at radius 3 is 2.38 bits per heavy atom. The second kappa shape index (κ2) is 7.63. The van der Waals surface area contributed by atoms with Crippen LogP contribution in [0.15, 0.2) is 0 Å². The molecule has 0 fully saturated rings. The first-order valence-corrected chi connectivity index (χ1v) is 5.05. The summed E-state index contributed by atoms with van der Waals surface area (Å²) < 4.78 is 0. The summed E-state index contributed by atoms with van der Waals surface area (Å²) in [6, 6.07) is -1.00. The summed E-state index contributed by atoms with van der Waals surface area (Å²) in [6.07, 6.45) is 0.587. The van der Waals surface area contributed by atoms with Gasteiger partial charge < -0.3 is 22.1 Å². The van der Waals surface area contributed by atoms with E-state index in [0.717, 1.165) is 6.42 Å². The Bertz CT molecular complexity index is 267. The molecule has 0 radical (unpaired) electrons. The van der Waals surface area contributed by atoms with Crippen LogP contribution in [0.5, 0.6) is 0 Å². The van der Waals surface area contributed by atoms with Crippen LogP contribution in [0.1, 0.15) is 19.8 Å². The van der Waals surface area contributed by atoms with Gasteiger partial charge in [-0.2, -0.15) is 0 Å². The molecular weight excluding hydrogens is 212 g/mol. The largest absolute Gasteiger partial charge is 0.370 e. The maximum atomic E-state index is 11.2. The number of rotatable bonds is 7. The van der Waals surface area contributed by atoms with E-state index in [9.17, 15) is 14.4 Å². The number of nitrogens with one attached hydrogen (secondary N) is 2. The van der Waals surface area contributed by atoms with E-state index in [2.05, 4.69) is 10.6 Å². The smallest absolute Gasteiger partial charge is 0.239 e. The zero-order valence-electron chi connectivity index (χ0n) is 9.29. The second-order valence-electron chi connectivity index (χ2n) is 3.34. The Labute approximate surface area is 93.9 Å². The number of hydrogen-bond acceptors (Lipinski definition) is 4. The first-order valence-electron chi connectivity index (χ1n) is 5.05. The van der Waals surface area contributed by atoms with E-state index in [-0.39, 0.29) is 18.9 Å². The number of carbonyl (C=O) groups excluding carboxylic acids is 3. The van der Waals surface area contributed by atoms with E-state index < -0.39 is 17.9 Å². The lowest BCUT2D eigenvalue weighted by atomic mass is 10.2. The molecule has 0 saturated carbocycles. The van der Waals surface area contributed by atoms with E-state index in [1.54, 1.807) is 0 Å². The Kier molecular flexibility index (Phi) is 6.86. The minimum Gasteiger partial charge on any atom is -0.370 e. The van der Waals surface area contributed by atoms with E-state index in [0.29, 0.717) is 6.54 Å². The lowest BCUT2D eigenvalue weighted by Gasteiger charge is -2.10. The van der Waals surface area contributed by atoms with Crippen LogP contribution >= 0.6 is 0 Å². The van der Waals surface area contributed by atoms with Gasteiger partial charge in [-0.05, 0) is 6.42 Å². The first-order chi connectivity index (χ1) is 7.47. The molecule has 0 rings (SSSR count). The van der Waals surface area contributed by atoms with Crippen LogP contribution in [0.3, 0.4) is 0 Å². The van der Waals surface area contributed by atoms with Crippen LogP contribution in [0.4, 0.5) is 0 Å². The fourth-order valence-corrected chi connectivity index (χ4v) is 0.935. The van der Waals surface area contributed by atoms with Crippen LogP contribution in [0, 0.1) is 0 Å². The van der Waals surface area contributed by atoms with Crippen LogP contribution in [-0.2, 0) is 14.4 Å². The maximum Gasteiger partial charge on any atom is 0.239 e. The molecule has 0 spiro atoms. The summed E-state index contributed by atoms with van der Waals surface area (Å²) in [4.78, 5) is 32.8. The number of amides is 3. The van der Waals surface area contributed by atoms with Crippen molar-refractivity contribution in [2.45, 2.75) is 25.8 Å². The molecular formula is C9H18N4O3. The van der Waals surface area contributed by atoms with Crippen LogP contribution in [0.2, 0.25) is 0 Å². The number of primary amides is 1. The molecule has 0 aromatic heterocycles. The zero-order valence-corrected chi connectivity index (χ0v) is 9.29. The van der Waals surface area contributed by atoms with E-state index in [1.165, 1.54) is 0 Å². The van der Waals surface area contributed by atoms with Crippen LogP contribution in [-0.4, -0.2) is 36.9 Å². The molecule has 0 aromatic rings. The molecule has 0 aliphatic heterocycles. The van der Waals surface area contributed by atoms with Crippen molar-refractivity contribution < 1.29 is 14.4 Å². The molecule has 16 heavy (non-hydrogen) atoms. The molecule has 1 unspecified atom stereocenters. The number of carbonyl (C=O) groups is 3. The lowest BCUT2D eigenvalue weighted by molar-refractivity contribution is -0.128. The predicted molar refractivity (Wildman–Crippen MR) is 58.1 cm³/mol. The summed E-state index contributed by atoms with van der Waals surface area (Å²) in [5.74, 6) is -1.51. The molecule has 0 heterocycles. The highest BCUT2D eigenvalue weighted by Gasteiger charge is 2.16. The average molecular weight is 230 g/mol. The quantitative estimate of drug-likeness (QED) is 0.397. The van der Waals surface area contributed by atoms with Crippen molar-refractivity contribution in [2.24, 2.45) is 11.5 Å². The van der Waals surface area contributed by atoms with Gasteiger partial charge in [-0.25, -0.2) is 0 Å². The van der Waals surface area contributed by atoms with Crippen molar-refractivity contribution >= 4 is 17.7 Å². The molecule has 7 nitrogen and oxygen atoms in total. The molecule has 6 N–H and O–H groups in total. The van der Waals surface area contributed by atoms with Gasteiger partial charge in [-0.15, -0.1) is 0 Å². The molecule has 3 amide bonds. The minimum atomic E-state index is -1.00. The van der Waals surface area contributed by atoms with Crippen LogP contribution in [0.25, 0.3) is 0 Å². The Balaban J connectivity index is 3.79. The average Bonchev–Trinajstić information content (AvgIpc) is 2.21.